The van der Waals surface area contributed by atoms with Crippen LogP contribution in [0.15, 0.2) is 60.8 Å². The molecule has 69 heavy (non-hydrogen) atoms. The molecule has 0 radical (unpaired) electrons. The molecule has 0 aromatic rings. The summed E-state index contributed by atoms with van der Waals surface area (Å²) < 4.78 is 16.9. The van der Waals surface area contributed by atoms with Crippen LogP contribution >= 0.6 is 0 Å². The van der Waals surface area contributed by atoms with Gasteiger partial charge in [-0.25, -0.2) is 0 Å². The van der Waals surface area contributed by atoms with Gasteiger partial charge in [-0.15, -0.1) is 0 Å². The lowest BCUT2D eigenvalue weighted by molar-refractivity contribution is -0.167. The third-order valence-corrected chi connectivity index (χ3v) is 13.0. The molecule has 0 aromatic heterocycles. The van der Waals surface area contributed by atoms with E-state index in [1.54, 1.807) is 0 Å². The molecule has 6 nitrogen and oxygen atoms in total. The molecule has 0 unspecified atom stereocenters. The van der Waals surface area contributed by atoms with Crippen molar-refractivity contribution in [3.8, 4) is 0 Å². The summed E-state index contributed by atoms with van der Waals surface area (Å²) in [5, 5.41) is 0. The molecule has 0 fully saturated rings. The zero-order valence-corrected chi connectivity index (χ0v) is 45.8. The van der Waals surface area contributed by atoms with E-state index in [-0.39, 0.29) is 31.1 Å². The van der Waals surface area contributed by atoms with Crippen molar-refractivity contribution >= 4 is 17.9 Å². The Kier molecular flexibility index (Phi) is 55.3. The van der Waals surface area contributed by atoms with Crippen LogP contribution in [0.25, 0.3) is 0 Å². The average Bonchev–Trinajstić information content (AvgIpc) is 3.35. The van der Waals surface area contributed by atoms with Gasteiger partial charge in [-0.05, 0) is 109 Å². The van der Waals surface area contributed by atoms with E-state index in [0.29, 0.717) is 19.3 Å². The highest BCUT2D eigenvalue weighted by molar-refractivity contribution is 5.71. The van der Waals surface area contributed by atoms with Gasteiger partial charge in [-0.3, -0.25) is 14.4 Å². The van der Waals surface area contributed by atoms with Crippen LogP contribution < -0.4 is 0 Å². The van der Waals surface area contributed by atoms with Crippen molar-refractivity contribution in [2.24, 2.45) is 0 Å². The molecule has 6 heteroatoms. The van der Waals surface area contributed by atoms with Gasteiger partial charge in [0.2, 0.25) is 0 Å². The van der Waals surface area contributed by atoms with Crippen molar-refractivity contribution in [1.82, 2.24) is 0 Å². The molecular weight excluding hydrogens is 853 g/mol. The maximum Gasteiger partial charge on any atom is 0.306 e. The van der Waals surface area contributed by atoms with E-state index < -0.39 is 6.10 Å². The number of unbranched alkanes of at least 4 members (excludes halogenated alkanes) is 33. The molecule has 400 valence electrons. The predicted octanol–water partition coefficient (Wildman–Crippen LogP) is 20.0. The molecule has 0 aliphatic heterocycles. The van der Waals surface area contributed by atoms with Crippen LogP contribution in [0, 0.1) is 0 Å². The van der Waals surface area contributed by atoms with Crippen LogP contribution in [0.3, 0.4) is 0 Å². The van der Waals surface area contributed by atoms with Crippen LogP contribution in [0.5, 0.6) is 0 Å². The summed E-state index contributed by atoms with van der Waals surface area (Å²) in [4.78, 5) is 38.2. The maximum atomic E-state index is 12.9. The minimum atomic E-state index is -0.785. The first-order valence-corrected chi connectivity index (χ1v) is 29.8. The number of rotatable bonds is 54. The zero-order valence-electron chi connectivity index (χ0n) is 45.8. The smallest absolute Gasteiger partial charge is 0.306 e. The lowest BCUT2D eigenvalue weighted by Crippen LogP contribution is -2.30. The van der Waals surface area contributed by atoms with Crippen molar-refractivity contribution in [2.75, 3.05) is 13.2 Å². The molecule has 1 atom stereocenters. The number of carbonyl (C=O) groups is 3. The molecule has 0 heterocycles. The number of hydrogen-bond acceptors (Lipinski definition) is 6. The monoisotopic (exact) mass is 965 g/mol. The summed E-state index contributed by atoms with van der Waals surface area (Å²) in [6.45, 7) is 6.59. The van der Waals surface area contributed by atoms with E-state index in [0.717, 1.165) is 89.9 Å². The van der Waals surface area contributed by atoms with Gasteiger partial charge in [0.15, 0.2) is 6.10 Å². The third kappa shape index (κ3) is 55.9. The zero-order chi connectivity index (χ0) is 50.0. The van der Waals surface area contributed by atoms with E-state index in [9.17, 15) is 14.4 Å². The number of esters is 3. The highest BCUT2D eigenvalue weighted by Gasteiger charge is 2.19. The summed E-state index contributed by atoms with van der Waals surface area (Å²) in [6.07, 6.45) is 72.0. The summed E-state index contributed by atoms with van der Waals surface area (Å²) in [7, 11) is 0. The number of ether oxygens (including phenoxy) is 3. The van der Waals surface area contributed by atoms with Crippen molar-refractivity contribution in [1.29, 1.82) is 0 Å². The lowest BCUT2D eigenvalue weighted by Gasteiger charge is -2.18. The molecule has 0 N–H and O–H groups in total. The molecule has 0 amide bonds. The Morgan fingerprint density at radius 1 is 0.290 bits per heavy atom. The fraction of sp³-hybridized carbons (Fsp3) is 0.794. The average molecular weight is 966 g/mol. The molecule has 0 aliphatic carbocycles. The van der Waals surface area contributed by atoms with Gasteiger partial charge in [0.25, 0.3) is 0 Å². The minimum absolute atomic E-state index is 0.0819. The second-order valence-corrected chi connectivity index (χ2v) is 19.9. The fourth-order valence-electron chi connectivity index (χ4n) is 8.44. The van der Waals surface area contributed by atoms with Gasteiger partial charge in [-0.1, -0.05) is 236 Å². The van der Waals surface area contributed by atoms with E-state index in [1.807, 2.05) is 0 Å². The molecular formula is C63H112O6. The third-order valence-electron chi connectivity index (χ3n) is 13.0. The van der Waals surface area contributed by atoms with Crippen LogP contribution in [-0.4, -0.2) is 37.2 Å². The Morgan fingerprint density at radius 2 is 0.522 bits per heavy atom. The Balaban J connectivity index is 4.39. The summed E-state index contributed by atoms with van der Waals surface area (Å²) >= 11 is 0. The van der Waals surface area contributed by atoms with E-state index in [1.165, 1.54) is 173 Å². The first kappa shape index (κ1) is 66.1. The first-order valence-electron chi connectivity index (χ1n) is 29.8. The molecule has 0 aromatic carbocycles. The molecule has 0 saturated carbocycles. The Morgan fingerprint density at radius 3 is 0.841 bits per heavy atom. The molecule has 0 saturated heterocycles. The summed E-state index contributed by atoms with van der Waals surface area (Å²) in [5.41, 5.74) is 0. The quantitative estimate of drug-likeness (QED) is 0.0262. The number of carbonyl (C=O) groups excluding carboxylic acids is 3. The van der Waals surface area contributed by atoms with Crippen LogP contribution in [-0.2, 0) is 28.6 Å². The second kappa shape index (κ2) is 57.7. The van der Waals surface area contributed by atoms with Gasteiger partial charge in [0.1, 0.15) is 13.2 Å². The van der Waals surface area contributed by atoms with Crippen molar-refractivity contribution in [3.63, 3.8) is 0 Å². The fourth-order valence-corrected chi connectivity index (χ4v) is 8.44. The van der Waals surface area contributed by atoms with E-state index in [2.05, 4.69) is 81.5 Å². The SMILES string of the molecule is CCCCC/C=C\C/C=C\CCCCCCCCCC(=O)O[C@H](COC(=O)CCCCCCC/C=C\C/C=C\CCCCC)COC(=O)CCCCCCCCCCC/C=C\CCCCCCCC. The highest BCUT2D eigenvalue weighted by atomic mass is 16.6. The van der Waals surface area contributed by atoms with Crippen LogP contribution in [0.4, 0.5) is 0 Å². The molecule has 0 aliphatic rings. The van der Waals surface area contributed by atoms with Gasteiger partial charge in [0.05, 0.1) is 0 Å². The lowest BCUT2D eigenvalue weighted by atomic mass is 10.1. The largest absolute Gasteiger partial charge is 0.462 e. The van der Waals surface area contributed by atoms with Gasteiger partial charge in [-0.2, -0.15) is 0 Å². The maximum absolute atomic E-state index is 12.9. The van der Waals surface area contributed by atoms with Gasteiger partial charge in [0, 0.05) is 19.3 Å². The summed E-state index contributed by atoms with van der Waals surface area (Å²) in [6, 6.07) is 0. The Hall–Kier alpha value is -2.89. The topological polar surface area (TPSA) is 78.9 Å². The second-order valence-electron chi connectivity index (χ2n) is 19.9. The number of hydrogen-bond donors (Lipinski definition) is 0. The van der Waals surface area contributed by atoms with Gasteiger partial charge < -0.3 is 14.2 Å². The molecule has 0 bridgehead atoms. The van der Waals surface area contributed by atoms with Crippen molar-refractivity contribution < 1.29 is 28.6 Å². The molecule has 0 rings (SSSR count). The van der Waals surface area contributed by atoms with Crippen molar-refractivity contribution in [2.45, 2.75) is 309 Å². The summed E-state index contributed by atoms with van der Waals surface area (Å²) in [5.74, 6) is -0.894. The van der Waals surface area contributed by atoms with Crippen LogP contribution in [0.2, 0.25) is 0 Å². The highest BCUT2D eigenvalue weighted by Crippen LogP contribution is 2.15. The van der Waals surface area contributed by atoms with Crippen LogP contribution in [0.1, 0.15) is 303 Å². The van der Waals surface area contributed by atoms with Gasteiger partial charge >= 0.3 is 17.9 Å². The number of allylic oxidation sites excluding steroid dienone is 10. The predicted molar refractivity (Wildman–Crippen MR) is 298 cm³/mol. The van der Waals surface area contributed by atoms with E-state index in [4.69, 9.17) is 14.2 Å². The van der Waals surface area contributed by atoms with Crippen molar-refractivity contribution in [3.05, 3.63) is 60.8 Å². The Bertz CT molecular complexity index is 1250. The minimum Gasteiger partial charge on any atom is -0.462 e. The first-order chi connectivity index (χ1) is 34.0. The molecule has 0 spiro atoms. The normalized spacial score (nSPS) is 12.4. The standard InChI is InChI=1S/C63H112O6/c1-4-7-10-13-16-19-22-25-28-30-31-33-35-38-41-44-47-50-53-56-62(65)68-59-60(58-67-61(64)55-52-49-46-43-40-37-34-27-24-21-18-15-12-9-6-3)69-63(66)57-54-51-48-45-42-39-36-32-29-26-23-20-17-14-11-8-5-2/h17-18,20-21,25-29,34,60H,4-16,19,22-24,30-33,35-59H2,1-3H3/b20-17-,21-18-,28-25-,29-26-,34-27-/t60-/m1/s1. The van der Waals surface area contributed by atoms with E-state index >= 15 is 0 Å². The Labute approximate surface area is 428 Å².